The first kappa shape index (κ1) is 13.8. The summed E-state index contributed by atoms with van der Waals surface area (Å²) in [6.07, 6.45) is 5.43. The minimum absolute atomic E-state index is 0.347. The zero-order chi connectivity index (χ0) is 14.8. The van der Waals surface area contributed by atoms with E-state index in [2.05, 4.69) is 34.2 Å². The second-order valence-electron chi connectivity index (χ2n) is 5.17. The molecular weight excluding hydrogens is 286 g/mol. The van der Waals surface area contributed by atoms with Gasteiger partial charge >= 0.3 is 0 Å². The van der Waals surface area contributed by atoms with Crippen molar-refractivity contribution in [1.82, 2.24) is 19.6 Å². The third kappa shape index (κ3) is 2.83. The van der Waals surface area contributed by atoms with Gasteiger partial charge in [-0.3, -0.25) is 4.98 Å². The molecule has 0 amide bonds. The van der Waals surface area contributed by atoms with Crippen molar-refractivity contribution >= 4 is 23.1 Å². The number of hydrogen-bond acceptors (Lipinski definition) is 4. The van der Waals surface area contributed by atoms with Gasteiger partial charge in [0.2, 0.25) is 0 Å². The van der Waals surface area contributed by atoms with Crippen molar-refractivity contribution in [2.45, 2.75) is 26.3 Å². The Balaban J connectivity index is 1.95. The number of rotatable bonds is 4. The van der Waals surface area contributed by atoms with Crippen molar-refractivity contribution in [2.24, 2.45) is 0 Å². The van der Waals surface area contributed by atoms with E-state index < -0.39 is 0 Å². The molecule has 0 aliphatic heterocycles. The Morgan fingerprint density at radius 3 is 2.90 bits per heavy atom. The zero-order valence-corrected chi connectivity index (χ0v) is 12.7. The van der Waals surface area contributed by atoms with Crippen LogP contribution in [0, 0.1) is 0 Å². The van der Waals surface area contributed by atoms with E-state index >= 15 is 0 Å². The standard InChI is InChI=1S/C15H16ClN5/c1-10(2)12-9-19-21-14(6-13(16)20-15(12)21)18-8-11-4-3-5-17-7-11/h3-7,9-10,18H,8H2,1-2H3. The van der Waals surface area contributed by atoms with Gasteiger partial charge in [0.25, 0.3) is 0 Å². The smallest absolute Gasteiger partial charge is 0.162 e. The van der Waals surface area contributed by atoms with Crippen LogP contribution in [-0.2, 0) is 6.54 Å². The zero-order valence-electron chi connectivity index (χ0n) is 11.9. The van der Waals surface area contributed by atoms with E-state index in [-0.39, 0.29) is 0 Å². The van der Waals surface area contributed by atoms with E-state index in [0.29, 0.717) is 17.6 Å². The fraction of sp³-hybridized carbons (Fsp3) is 0.267. The summed E-state index contributed by atoms with van der Waals surface area (Å²) in [6.45, 7) is 4.88. The fourth-order valence-electron chi connectivity index (χ4n) is 2.18. The topological polar surface area (TPSA) is 55.1 Å². The van der Waals surface area contributed by atoms with Crippen molar-refractivity contribution in [3.05, 3.63) is 53.1 Å². The molecule has 0 unspecified atom stereocenters. The molecule has 21 heavy (non-hydrogen) atoms. The highest BCUT2D eigenvalue weighted by Crippen LogP contribution is 2.24. The highest BCUT2D eigenvalue weighted by molar-refractivity contribution is 6.29. The molecule has 1 N–H and O–H groups in total. The van der Waals surface area contributed by atoms with Crippen LogP contribution >= 0.6 is 11.6 Å². The molecule has 3 aromatic rings. The Labute approximate surface area is 128 Å². The van der Waals surface area contributed by atoms with Crippen molar-refractivity contribution in [3.63, 3.8) is 0 Å². The second-order valence-corrected chi connectivity index (χ2v) is 5.56. The van der Waals surface area contributed by atoms with Crippen LogP contribution < -0.4 is 5.32 Å². The van der Waals surface area contributed by atoms with Gasteiger partial charge in [-0.15, -0.1) is 0 Å². The lowest BCUT2D eigenvalue weighted by molar-refractivity contribution is 0.871. The molecule has 6 heteroatoms. The average molecular weight is 302 g/mol. The van der Waals surface area contributed by atoms with E-state index in [4.69, 9.17) is 11.6 Å². The summed E-state index contributed by atoms with van der Waals surface area (Å²) in [5.74, 6) is 1.17. The van der Waals surface area contributed by atoms with Crippen LogP contribution in [0.5, 0.6) is 0 Å². The van der Waals surface area contributed by atoms with E-state index in [0.717, 1.165) is 22.6 Å². The van der Waals surface area contributed by atoms with Crippen molar-refractivity contribution in [1.29, 1.82) is 0 Å². The van der Waals surface area contributed by atoms with Crippen molar-refractivity contribution in [2.75, 3.05) is 5.32 Å². The lowest BCUT2D eigenvalue weighted by Crippen LogP contribution is -2.06. The van der Waals surface area contributed by atoms with Gasteiger partial charge in [0.1, 0.15) is 11.0 Å². The van der Waals surface area contributed by atoms with E-state index in [1.165, 1.54) is 0 Å². The number of fused-ring (bicyclic) bond motifs is 1. The molecule has 0 radical (unpaired) electrons. The quantitative estimate of drug-likeness (QED) is 0.749. The molecule has 0 spiro atoms. The van der Waals surface area contributed by atoms with Gasteiger partial charge in [-0.05, 0) is 17.5 Å². The number of aromatic nitrogens is 4. The second kappa shape index (κ2) is 5.69. The van der Waals surface area contributed by atoms with Crippen LogP contribution in [0.4, 0.5) is 5.82 Å². The third-order valence-corrected chi connectivity index (χ3v) is 3.48. The van der Waals surface area contributed by atoms with Gasteiger partial charge in [-0.1, -0.05) is 31.5 Å². The number of nitrogens with one attached hydrogen (secondary N) is 1. The third-order valence-electron chi connectivity index (χ3n) is 3.29. The Hall–Kier alpha value is -2.14. The minimum Gasteiger partial charge on any atom is -0.366 e. The van der Waals surface area contributed by atoms with Crippen LogP contribution in [0.1, 0.15) is 30.9 Å². The number of hydrogen-bond donors (Lipinski definition) is 1. The molecule has 0 bridgehead atoms. The lowest BCUT2D eigenvalue weighted by atomic mass is 10.1. The number of pyridine rings is 1. The molecular formula is C15H16ClN5. The summed E-state index contributed by atoms with van der Waals surface area (Å²) in [7, 11) is 0. The van der Waals surface area contributed by atoms with Gasteiger partial charge in [0, 0.05) is 30.6 Å². The van der Waals surface area contributed by atoms with Crippen LogP contribution in [0.3, 0.4) is 0 Å². The van der Waals surface area contributed by atoms with Crippen molar-refractivity contribution < 1.29 is 0 Å². The highest BCUT2D eigenvalue weighted by Gasteiger charge is 2.13. The maximum Gasteiger partial charge on any atom is 0.162 e. The summed E-state index contributed by atoms with van der Waals surface area (Å²) in [5.41, 5.74) is 2.97. The molecule has 3 rings (SSSR count). The van der Waals surface area contributed by atoms with E-state index in [1.807, 2.05) is 24.5 Å². The number of nitrogens with zero attached hydrogens (tertiary/aromatic N) is 4. The van der Waals surface area contributed by atoms with Crippen LogP contribution in [0.25, 0.3) is 5.65 Å². The van der Waals surface area contributed by atoms with Gasteiger partial charge in [0.05, 0.1) is 6.20 Å². The number of halogens is 1. The van der Waals surface area contributed by atoms with Crippen LogP contribution in [-0.4, -0.2) is 19.6 Å². The highest BCUT2D eigenvalue weighted by atomic mass is 35.5. The SMILES string of the molecule is CC(C)c1cnn2c(NCc3cccnc3)cc(Cl)nc12. The minimum atomic E-state index is 0.347. The van der Waals surface area contributed by atoms with Crippen molar-refractivity contribution in [3.8, 4) is 0 Å². The Morgan fingerprint density at radius 2 is 2.19 bits per heavy atom. The molecule has 0 fully saturated rings. The van der Waals surface area contributed by atoms with Crippen LogP contribution in [0.2, 0.25) is 5.15 Å². The maximum absolute atomic E-state index is 6.13. The summed E-state index contributed by atoms with van der Waals surface area (Å²) >= 11 is 6.13. The lowest BCUT2D eigenvalue weighted by Gasteiger charge is -2.09. The normalized spacial score (nSPS) is 11.2. The maximum atomic E-state index is 6.13. The predicted octanol–water partition coefficient (Wildman–Crippen LogP) is 3.51. The molecule has 0 aromatic carbocycles. The summed E-state index contributed by atoms with van der Waals surface area (Å²) in [6, 6.07) is 5.71. The first-order valence-corrected chi connectivity index (χ1v) is 7.20. The molecule has 3 heterocycles. The molecule has 0 atom stereocenters. The monoisotopic (exact) mass is 301 g/mol. The summed E-state index contributed by atoms with van der Waals surface area (Å²) in [4.78, 5) is 8.49. The van der Waals surface area contributed by atoms with Crippen LogP contribution in [0.15, 0.2) is 36.8 Å². The predicted molar refractivity (Wildman–Crippen MR) is 83.6 cm³/mol. The molecule has 5 nitrogen and oxygen atoms in total. The number of anilines is 1. The molecule has 0 saturated heterocycles. The summed E-state index contributed by atoms with van der Waals surface area (Å²) < 4.78 is 1.79. The Morgan fingerprint density at radius 1 is 1.33 bits per heavy atom. The average Bonchev–Trinajstić information content (AvgIpc) is 2.89. The Bertz CT molecular complexity index is 751. The molecule has 0 aliphatic rings. The summed E-state index contributed by atoms with van der Waals surface area (Å²) in [5, 5.41) is 8.20. The van der Waals surface area contributed by atoms with E-state index in [9.17, 15) is 0 Å². The van der Waals surface area contributed by atoms with Gasteiger partial charge in [0.15, 0.2) is 5.65 Å². The van der Waals surface area contributed by atoms with E-state index in [1.54, 1.807) is 16.8 Å². The molecule has 0 saturated carbocycles. The van der Waals surface area contributed by atoms with Gasteiger partial charge < -0.3 is 5.32 Å². The fourth-order valence-corrected chi connectivity index (χ4v) is 2.36. The molecule has 3 aromatic heterocycles. The van der Waals surface area contributed by atoms with Gasteiger partial charge in [-0.2, -0.15) is 9.61 Å². The largest absolute Gasteiger partial charge is 0.366 e. The first-order valence-electron chi connectivity index (χ1n) is 6.82. The first-order chi connectivity index (χ1) is 10.1. The Kier molecular flexibility index (Phi) is 3.75. The van der Waals surface area contributed by atoms with Gasteiger partial charge in [-0.25, -0.2) is 4.98 Å². The molecule has 108 valence electrons. The molecule has 0 aliphatic carbocycles.